The Labute approximate surface area is 290 Å². The molecule has 3 N–H and O–H groups in total. The van der Waals surface area contributed by atoms with E-state index in [-0.39, 0.29) is 58.1 Å². The van der Waals surface area contributed by atoms with Crippen molar-refractivity contribution in [2.24, 2.45) is 0 Å². The van der Waals surface area contributed by atoms with Gasteiger partial charge in [-0.3, -0.25) is 14.4 Å². The quantitative estimate of drug-likeness (QED) is 0.161. The molecule has 6 rings (SSSR count). The van der Waals surface area contributed by atoms with Crippen LogP contribution in [0.4, 0.5) is 0 Å². The summed E-state index contributed by atoms with van der Waals surface area (Å²) in [5, 5.41) is 20.6. The fourth-order valence-corrected chi connectivity index (χ4v) is 5.55. The van der Waals surface area contributed by atoms with Crippen molar-refractivity contribution in [3.63, 3.8) is 0 Å². The first kappa shape index (κ1) is 36.5. The van der Waals surface area contributed by atoms with Crippen molar-refractivity contribution in [1.29, 1.82) is 0 Å². The number of carbonyl (C=O) groups excluding carboxylic acids is 3. The van der Waals surface area contributed by atoms with Gasteiger partial charge < -0.3 is 15.7 Å². The molecule has 11 heteroatoms. The van der Waals surface area contributed by atoms with Crippen LogP contribution in [-0.2, 0) is 12.8 Å². The number of phenolic OH excluding ortho intramolecular Hbond substituents is 2. The minimum atomic E-state index is -0.0175. The maximum atomic E-state index is 12.3. The van der Waals surface area contributed by atoms with E-state index in [2.05, 4.69) is 0 Å². The molecule has 4 aromatic carbocycles. The van der Waals surface area contributed by atoms with Crippen molar-refractivity contribution in [3.05, 3.63) is 132 Å². The number of hydrogen-bond donors (Lipinski definition) is 2. The van der Waals surface area contributed by atoms with Crippen molar-refractivity contribution in [2.45, 2.75) is 19.3 Å². The number of fused-ring (bicyclic) bond motifs is 2. The van der Waals surface area contributed by atoms with Gasteiger partial charge in [0, 0.05) is 55.2 Å². The summed E-state index contributed by atoms with van der Waals surface area (Å²) in [6.45, 7) is 0. The smallest absolute Gasteiger partial charge is 0.870 e. The number of Topliss-reactive ketones (excluding diaryl/α,β-unsaturated/α-hetero) is 2. The number of aromatic hydroxyl groups is 2. The summed E-state index contributed by atoms with van der Waals surface area (Å²) in [6.07, 6.45) is 4.38. The predicted molar refractivity (Wildman–Crippen MR) is 165 cm³/mol. The Hall–Kier alpha value is -2.65. The zero-order valence-corrected chi connectivity index (χ0v) is 27.8. The van der Waals surface area contributed by atoms with E-state index >= 15 is 0 Å². The number of aldehydes is 1. The molecule has 2 aliphatic carbocycles. The Balaban J connectivity index is 0.000000240. The normalized spacial score (nSPS) is 13.3. The van der Waals surface area contributed by atoms with Gasteiger partial charge in [0.25, 0.3) is 0 Å². The van der Waals surface area contributed by atoms with Crippen molar-refractivity contribution < 1.29 is 59.6 Å². The first-order chi connectivity index (χ1) is 19.5. The topological polar surface area (TPSA) is 122 Å². The summed E-state index contributed by atoms with van der Waals surface area (Å²) in [5.74, 6) is 0.596. The summed E-state index contributed by atoms with van der Waals surface area (Å²) in [4.78, 5) is 33.6. The molecule has 0 spiro atoms. The molecule has 0 atom stereocenters. The second-order valence-corrected chi connectivity index (χ2v) is 11.1. The average Bonchev–Trinajstić information content (AvgIpc) is 3.41. The van der Waals surface area contributed by atoms with Gasteiger partial charge in [-0.25, -0.2) is 0 Å². The monoisotopic (exact) mass is 666 g/mol. The molecule has 0 unspecified atom stereocenters. The first-order valence-electron chi connectivity index (χ1n) is 12.3. The van der Waals surface area contributed by atoms with E-state index in [9.17, 15) is 19.5 Å². The second-order valence-electron chi connectivity index (χ2n) is 9.30. The van der Waals surface area contributed by atoms with Gasteiger partial charge in [-0.05, 0) is 102 Å². The van der Waals surface area contributed by atoms with E-state index in [1.54, 1.807) is 72.8 Å². The standard InChI is InChI=1S/C16H10Cl2O2.C9H8O2.C7H4Cl2O.Na.H2O/c17-12-4-9(5-13(18)8-12)3-11-6-10-7-14(19)1-2-15(10)16(11)20;10-7-2-3-8-6(5-7)1-4-9(8)11;8-6-1-5(4-10)2-7(9)3-6;;/h1-5,7-8,19H,6H2;2-3,5,10H,1,4H2;1-4H;;1H2/q;;;+1;/p-1/b11-3+;;;;. The van der Waals surface area contributed by atoms with Gasteiger partial charge in [0.05, 0.1) is 0 Å². The number of rotatable bonds is 2. The number of benzene rings is 4. The number of halogens is 4. The summed E-state index contributed by atoms with van der Waals surface area (Å²) >= 11 is 23.1. The van der Waals surface area contributed by atoms with Crippen LogP contribution in [-0.4, -0.2) is 33.5 Å². The molecule has 0 radical (unpaired) electrons. The summed E-state index contributed by atoms with van der Waals surface area (Å²) < 4.78 is 0. The number of ketones is 2. The van der Waals surface area contributed by atoms with Gasteiger partial charge >= 0.3 is 29.6 Å². The van der Waals surface area contributed by atoms with Crippen LogP contribution in [0.15, 0.2) is 78.4 Å². The number of allylic oxidation sites excluding steroid dienone is 1. The molecule has 4 aromatic rings. The zero-order chi connectivity index (χ0) is 29.7. The average molecular weight is 668 g/mol. The van der Waals surface area contributed by atoms with E-state index in [4.69, 9.17) is 51.5 Å². The number of hydrogen-bond acceptors (Lipinski definition) is 6. The SMILES string of the molecule is O=C1/C(=C/c2cc(Cl)cc(Cl)c2)Cc2cc(O)ccc21.O=C1CCc2cc(O)ccc21.O=Cc1cc(Cl)cc(Cl)c1.[Na+].[OH-]. The third-order valence-electron chi connectivity index (χ3n) is 6.26. The minimum Gasteiger partial charge on any atom is -0.870 e. The van der Waals surface area contributed by atoms with Crippen LogP contribution in [0.25, 0.3) is 6.08 Å². The Morgan fingerprint density at radius 3 is 1.65 bits per heavy atom. The summed E-state index contributed by atoms with van der Waals surface area (Å²) in [6, 6.07) is 19.6. The van der Waals surface area contributed by atoms with Crippen molar-refractivity contribution >= 4 is 70.3 Å². The molecule has 0 heterocycles. The molecule has 0 bridgehead atoms. The van der Waals surface area contributed by atoms with Crippen LogP contribution in [0.3, 0.4) is 0 Å². The third kappa shape index (κ3) is 9.93. The second kappa shape index (κ2) is 16.4. The summed E-state index contributed by atoms with van der Waals surface area (Å²) in [7, 11) is 0. The molecular weight excluding hydrogens is 645 g/mol. The van der Waals surface area contributed by atoms with E-state index in [1.807, 2.05) is 0 Å². The molecule has 0 aliphatic heterocycles. The molecule has 0 saturated carbocycles. The van der Waals surface area contributed by atoms with Crippen molar-refractivity contribution in [3.8, 4) is 11.5 Å². The largest absolute Gasteiger partial charge is 1.00 e. The molecular formula is C32H23Cl4NaO6. The Kier molecular flexibility index (Phi) is 14.0. The van der Waals surface area contributed by atoms with E-state index < -0.39 is 0 Å². The molecule has 6 nitrogen and oxygen atoms in total. The molecule has 43 heavy (non-hydrogen) atoms. The van der Waals surface area contributed by atoms with Gasteiger partial charge in [0.2, 0.25) is 0 Å². The van der Waals surface area contributed by atoms with Gasteiger partial charge in [-0.1, -0.05) is 46.4 Å². The van der Waals surface area contributed by atoms with Crippen LogP contribution in [0.2, 0.25) is 20.1 Å². The Morgan fingerprint density at radius 1 is 0.628 bits per heavy atom. The number of carbonyl (C=O) groups is 3. The molecule has 0 amide bonds. The van der Waals surface area contributed by atoms with Crippen LogP contribution in [0.5, 0.6) is 11.5 Å². The molecule has 0 aromatic heterocycles. The minimum absolute atomic E-state index is 0. The maximum absolute atomic E-state index is 12.3. The number of phenols is 2. The summed E-state index contributed by atoms with van der Waals surface area (Å²) in [5.41, 5.74) is 5.21. The van der Waals surface area contributed by atoms with Crippen LogP contribution in [0.1, 0.15) is 54.2 Å². The van der Waals surface area contributed by atoms with Crippen LogP contribution in [0, 0.1) is 0 Å². The fourth-order valence-electron chi connectivity index (χ4n) is 4.47. The van der Waals surface area contributed by atoms with Crippen molar-refractivity contribution in [2.75, 3.05) is 0 Å². The zero-order valence-electron chi connectivity index (χ0n) is 22.8. The number of aryl methyl sites for hydroxylation is 1. The van der Waals surface area contributed by atoms with Gasteiger partial charge in [0.15, 0.2) is 11.6 Å². The predicted octanol–water partition coefficient (Wildman–Crippen LogP) is 5.68. The molecule has 2 aliphatic rings. The van der Waals surface area contributed by atoms with Gasteiger partial charge in [-0.2, -0.15) is 0 Å². The Morgan fingerprint density at radius 2 is 1.12 bits per heavy atom. The third-order valence-corrected chi connectivity index (χ3v) is 7.14. The van der Waals surface area contributed by atoms with Crippen LogP contribution >= 0.6 is 46.4 Å². The van der Waals surface area contributed by atoms with Crippen LogP contribution < -0.4 is 29.6 Å². The van der Waals surface area contributed by atoms with Gasteiger partial charge in [-0.15, -0.1) is 0 Å². The Bertz CT molecular complexity index is 1660. The molecule has 216 valence electrons. The van der Waals surface area contributed by atoms with E-state index in [0.717, 1.165) is 28.7 Å². The maximum Gasteiger partial charge on any atom is 1.00 e. The van der Waals surface area contributed by atoms with Gasteiger partial charge in [0.1, 0.15) is 17.8 Å². The first-order valence-corrected chi connectivity index (χ1v) is 13.8. The molecule has 0 saturated heterocycles. The van der Waals surface area contributed by atoms with Crippen molar-refractivity contribution in [1.82, 2.24) is 0 Å². The molecule has 0 fully saturated rings. The fraction of sp³-hybridized carbons (Fsp3) is 0.0938. The van der Waals surface area contributed by atoms with E-state index in [0.29, 0.717) is 55.9 Å². The van der Waals surface area contributed by atoms with E-state index in [1.165, 1.54) is 6.07 Å².